The molecule has 0 saturated carbocycles. The molecule has 2 aromatic rings. The molecule has 0 bridgehead atoms. The zero-order chi connectivity index (χ0) is 13.1. The van der Waals surface area contributed by atoms with Gasteiger partial charge in [-0.2, -0.15) is 0 Å². The molecule has 0 saturated heterocycles. The summed E-state index contributed by atoms with van der Waals surface area (Å²) in [6.45, 7) is 0. The van der Waals surface area contributed by atoms with Gasteiger partial charge in [0.05, 0.1) is 0 Å². The number of anilines is 2. The Bertz CT molecular complexity index is 572. The summed E-state index contributed by atoms with van der Waals surface area (Å²) in [5.41, 5.74) is 10.8. The van der Waals surface area contributed by atoms with Gasteiger partial charge in [0.15, 0.2) is 0 Å². The second-order valence-electron chi connectivity index (χ2n) is 5.32. The van der Waals surface area contributed by atoms with E-state index in [9.17, 15) is 0 Å². The van der Waals surface area contributed by atoms with Crippen LogP contribution in [-0.2, 0) is 12.8 Å². The molecular weight excluding hydrogens is 303 g/mol. The molecule has 3 N–H and O–H groups in total. The van der Waals surface area contributed by atoms with Crippen LogP contribution in [0.3, 0.4) is 0 Å². The molecule has 4 heteroatoms. The smallest absolute Gasteiger partial charge is 0.0374 e. The summed E-state index contributed by atoms with van der Waals surface area (Å²) in [7, 11) is 0. The summed E-state index contributed by atoms with van der Waals surface area (Å²) < 4.78 is 0. The van der Waals surface area contributed by atoms with Crippen molar-refractivity contribution in [3.63, 3.8) is 0 Å². The van der Waals surface area contributed by atoms with Crippen molar-refractivity contribution in [2.75, 3.05) is 11.1 Å². The summed E-state index contributed by atoms with van der Waals surface area (Å²) in [6.07, 6.45) is 4.66. The predicted molar refractivity (Wildman–Crippen MR) is 95.8 cm³/mol. The van der Waals surface area contributed by atoms with E-state index in [1.165, 1.54) is 29.7 Å². The number of fused-ring (bicyclic) bond motifs is 1. The number of hydrogen-bond acceptors (Lipinski definition) is 2. The van der Waals surface area contributed by atoms with Crippen molar-refractivity contribution in [2.24, 2.45) is 0 Å². The first kappa shape index (κ1) is 17.7. The summed E-state index contributed by atoms with van der Waals surface area (Å²) in [6, 6.07) is 17.4. The number of nitrogen functional groups attached to an aromatic ring is 1. The zero-order valence-electron chi connectivity index (χ0n) is 11.9. The van der Waals surface area contributed by atoms with Crippen LogP contribution in [0, 0.1) is 0 Å². The van der Waals surface area contributed by atoms with Crippen LogP contribution in [0.25, 0.3) is 0 Å². The Labute approximate surface area is 139 Å². The highest BCUT2D eigenvalue weighted by molar-refractivity contribution is 5.85. The second-order valence-corrected chi connectivity index (χ2v) is 5.32. The van der Waals surface area contributed by atoms with Crippen LogP contribution in [0.15, 0.2) is 48.5 Å². The number of para-hydroxylation sites is 1. The van der Waals surface area contributed by atoms with Crippen molar-refractivity contribution in [3.8, 4) is 0 Å². The molecule has 1 aliphatic heterocycles. The Balaban J connectivity index is 0.00000110. The number of aryl methyl sites for hydroxylation is 2. The first-order chi connectivity index (χ1) is 9.31. The Kier molecular flexibility index (Phi) is 6.86. The molecule has 1 heterocycles. The van der Waals surface area contributed by atoms with Gasteiger partial charge in [-0.1, -0.05) is 30.3 Å². The molecule has 2 nitrogen and oxygen atoms in total. The number of halogens is 2. The number of benzene rings is 2. The van der Waals surface area contributed by atoms with Crippen molar-refractivity contribution in [3.05, 3.63) is 59.7 Å². The van der Waals surface area contributed by atoms with E-state index in [-0.39, 0.29) is 24.8 Å². The highest BCUT2D eigenvalue weighted by atomic mass is 35.5. The average Bonchev–Trinajstić information content (AvgIpc) is 2.45. The number of hydrogen-bond donors (Lipinski definition) is 2. The van der Waals surface area contributed by atoms with E-state index in [0.29, 0.717) is 6.04 Å². The van der Waals surface area contributed by atoms with Gasteiger partial charge in [0.25, 0.3) is 0 Å². The highest BCUT2D eigenvalue weighted by Crippen LogP contribution is 2.26. The Hall–Kier alpha value is -1.38. The van der Waals surface area contributed by atoms with Crippen molar-refractivity contribution in [2.45, 2.75) is 31.7 Å². The molecule has 1 unspecified atom stereocenters. The van der Waals surface area contributed by atoms with Gasteiger partial charge in [0, 0.05) is 17.4 Å². The van der Waals surface area contributed by atoms with Crippen molar-refractivity contribution >= 4 is 36.2 Å². The molecule has 114 valence electrons. The Morgan fingerprint density at radius 2 is 1.86 bits per heavy atom. The van der Waals surface area contributed by atoms with E-state index in [2.05, 4.69) is 41.7 Å². The molecule has 1 aliphatic rings. The van der Waals surface area contributed by atoms with Gasteiger partial charge >= 0.3 is 0 Å². The lowest BCUT2D eigenvalue weighted by Gasteiger charge is -2.27. The van der Waals surface area contributed by atoms with E-state index in [4.69, 9.17) is 5.73 Å². The molecule has 2 aromatic carbocycles. The maximum atomic E-state index is 5.81. The Morgan fingerprint density at radius 1 is 1.05 bits per heavy atom. The molecule has 0 fully saturated rings. The first-order valence-corrected chi connectivity index (χ1v) is 7.00. The number of nitrogens with one attached hydrogen (secondary N) is 1. The molecular formula is C17H22Cl2N2. The minimum atomic E-state index is 0. The predicted octanol–water partition coefficient (Wildman–Crippen LogP) is 4.47. The van der Waals surface area contributed by atoms with Crippen LogP contribution in [0.2, 0.25) is 0 Å². The van der Waals surface area contributed by atoms with Gasteiger partial charge in [-0.05, 0) is 55.0 Å². The molecule has 0 amide bonds. The van der Waals surface area contributed by atoms with Crippen LogP contribution in [0.5, 0.6) is 0 Å². The van der Waals surface area contributed by atoms with Gasteiger partial charge < -0.3 is 11.1 Å². The minimum absolute atomic E-state index is 0. The van der Waals surface area contributed by atoms with Gasteiger partial charge in [-0.3, -0.25) is 0 Å². The molecule has 1 atom stereocenters. The third-order valence-corrected chi connectivity index (χ3v) is 3.87. The van der Waals surface area contributed by atoms with Gasteiger partial charge in [0.1, 0.15) is 0 Å². The Morgan fingerprint density at radius 3 is 2.67 bits per heavy atom. The second kappa shape index (κ2) is 8.16. The molecule has 0 spiro atoms. The van der Waals surface area contributed by atoms with Gasteiger partial charge in [-0.15, -0.1) is 24.8 Å². The summed E-state index contributed by atoms with van der Waals surface area (Å²) in [4.78, 5) is 0. The van der Waals surface area contributed by atoms with Crippen molar-refractivity contribution in [1.29, 1.82) is 0 Å². The standard InChI is InChI=1S/C17H20N2.2ClH/c18-15-6-3-4-13(12-15)8-10-16-11-9-14-5-1-2-7-17(14)19-16;;/h1-7,12,16,19H,8-11,18H2;2*1H. The molecule has 3 rings (SSSR count). The maximum absolute atomic E-state index is 5.81. The van der Waals surface area contributed by atoms with Crippen molar-refractivity contribution < 1.29 is 0 Å². The topological polar surface area (TPSA) is 38.0 Å². The van der Waals surface area contributed by atoms with Crippen LogP contribution >= 0.6 is 24.8 Å². The van der Waals surface area contributed by atoms with Crippen LogP contribution < -0.4 is 11.1 Å². The summed E-state index contributed by atoms with van der Waals surface area (Å²) in [5, 5.41) is 3.65. The zero-order valence-corrected chi connectivity index (χ0v) is 13.6. The van der Waals surface area contributed by atoms with E-state index in [1.54, 1.807) is 0 Å². The number of rotatable bonds is 3. The van der Waals surface area contributed by atoms with Gasteiger partial charge in [-0.25, -0.2) is 0 Å². The van der Waals surface area contributed by atoms with E-state index < -0.39 is 0 Å². The van der Waals surface area contributed by atoms with E-state index >= 15 is 0 Å². The fourth-order valence-electron chi connectivity index (χ4n) is 2.81. The lowest BCUT2D eigenvalue weighted by Crippen LogP contribution is -2.25. The summed E-state index contributed by atoms with van der Waals surface area (Å²) in [5.74, 6) is 0. The third-order valence-electron chi connectivity index (χ3n) is 3.87. The van der Waals surface area contributed by atoms with Gasteiger partial charge in [0.2, 0.25) is 0 Å². The third kappa shape index (κ3) is 4.55. The van der Waals surface area contributed by atoms with Crippen LogP contribution in [-0.4, -0.2) is 6.04 Å². The van der Waals surface area contributed by atoms with Crippen LogP contribution in [0.4, 0.5) is 11.4 Å². The SMILES string of the molecule is Cl.Cl.Nc1cccc(CCC2CCc3ccccc3N2)c1. The average molecular weight is 325 g/mol. The number of nitrogens with two attached hydrogens (primary N) is 1. The highest BCUT2D eigenvalue weighted by Gasteiger charge is 2.16. The molecule has 0 aromatic heterocycles. The lowest BCUT2D eigenvalue weighted by atomic mass is 9.94. The molecule has 21 heavy (non-hydrogen) atoms. The van der Waals surface area contributed by atoms with E-state index in [1.807, 2.05) is 12.1 Å². The lowest BCUT2D eigenvalue weighted by molar-refractivity contribution is 0.587. The van der Waals surface area contributed by atoms with Crippen molar-refractivity contribution in [1.82, 2.24) is 0 Å². The normalized spacial score (nSPS) is 15.9. The maximum Gasteiger partial charge on any atom is 0.0374 e. The fraction of sp³-hybridized carbons (Fsp3) is 0.294. The summed E-state index contributed by atoms with van der Waals surface area (Å²) >= 11 is 0. The molecule has 0 aliphatic carbocycles. The molecule has 0 radical (unpaired) electrons. The van der Waals surface area contributed by atoms with Crippen LogP contribution in [0.1, 0.15) is 24.0 Å². The minimum Gasteiger partial charge on any atom is -0.399 e. The van der Waals surface area contributed by atoms with E-state index in [0.717, 1.165) is 18.5 Å². The first-order valence-electron chi connectivity index (χ1n) is 7.00. The largest absolute Gasteiger partial charge is 0.399 e. The fourth-order valence-corrected chi connectivity index (χ4v) is 2.81. The quantitative estimate of drug-likeness (QED) is 0.817. The monoisotopic (exact) mass is 324 g/mol.